The van der Waals surface area contributed by atoms with Crippen LogP contribution in [0.5, 0.6) is 11.5 Å². The molecule has 7 heteroatoms. The van der Waals surface area contributed by atoms with Crippen molar-refractivity contribution in [3.8, 4) is 17.2 Å². The zero-order valence-corrected chi connectivity index (χ0v) is 14.9. The van der Waals surface area contributed by atoms with Gasteiger partial charge < -0.3 is 14.8 Å². The van der Waals surface area contributed by atoms with Crippen LogP contribution in [0, 0.1) is 5.82 Å². The topological polar surface area (TPSA) is 65.4 Å². The average molecular weight is 367 g/mol. The van der Waals surface area contributed by atoms with Crippen molar-refractivity contribution >= 4 is 11.7 Å². The number of hydrogen-bond acceptors (Lipinski definition) is 4. The highest BCUT2D eigenvalue weighted by molar-refractivity contribution is 5.94. The third-order valence-corrected chi connectivity index (χ3v) is 4.69. The maximum atomic E-state index is 13.2. The molecule has 6 nitrogen and oxygen atoms in total. The summed E-state index contributed by atoms with van der Waals surface area (Å²) in [4.78, 5) is 17.0. The minimum Gasteiger partial charge on any atom is -0.497 e. The molecule has 4 rings (SSSR count). The van der Waals surface area contributed by atoms with Gasteiger partial charge in [-0.05, 0) is 42.5 Å². The largest absolute Gasteiger partial charge is 0.497 e. The van der Waals surface area contributed by atoms with Gasteiger partial charge in [0.2, 0.25) is 5.91 Å². The molecule has 0 saturated heterocycles. The Bertz CT molecular complexity index is 998. The minimum absolute atomic E-state index is 0.124. The summed E-state index contributed by atoms with van der Waals surface area (Å²) in [5.41, 5.74) is 2.27. The van der Waals surface area contributed by atoms with E-state index in [-0.39, 0.29) is 24.1 Å². The number of halogens is 1. The number of ether oxygens (including phenoxy) is 2. The highest BCUT2D eigenvalue weighted by Crippen LogP contribution is 2.41. The Balaban J connectivity index is 1.83. The van der Waals surface area contributed by atoms with Crippen LogP contribution in [0.25, 0.3) is 5.69 Å². The number of imidazole rings is 1. The number of aromatic nitrogens is 2. The minimum atomic E-state index is -0.323. The first-order valence-electron chi connectivity index (χ1n) is 8.45. The molecule has 1 aromatic heterocycles. The number of carbonyl (C=O) groups excluding carboxylic acids is 1. The molecule has 1 N–H and O–H groups in total. The lowest BCUT2D eigenvalue weighted by Crippen LogP contribution is -2.25. The predicted octanol–water partition coefficient (Wildman–Crippen LogP) is 3.50. The van der Waals surface area contributed by atoms with Crippen molar-refractivity contribution in [1.29, 1.82) is 0 Å². The van der Waals surface area contributed by atoms with Crippen LogP contribution in [0.1, 0.15) is 23.6 Å². The van der Waals surface area contributed by atoms with Crippen LogP contribution < -0.4 is 14.8 Å². The SMILES string of the molecule is COc1ccc(OC)c([C@@H]2CC(=O)Nc3c2ncn3-c2ccc(F)cc2)c1. The molecule has 138 valence electrons. The number of benzene rings is 2. The number of amides is 1. The van der Waals surface area contributed by atoms with Crippen LogP contribution in [-0.4, -0.2) is 29.7 Å². The van der Waals surface area contributed by atoms with E-state index in [1.54, 1.807) is 37.2 Å². The maximum Gasteiger partial charge on any atom is 0.226 e. The molecule has 27 heavy (non-hydrogen) atoms. The van der Waals surface area contributed by atoms with Crippen molar-refractivity contribution in [2.45, 2.75) is 12.3 Å². The van der Waals surface area contributed by atoms with Crippen molar-refractivity contribution in [3.05, 3.63) is 65.9 Å². The number of nitrogens with one attached hydrogen (secondary N) is 1. The van der Waals surface area contributed by atoms with E-state index in [9.17, 15) is 9.18 Å². The van der Waals surface area contributed by atoms with Crippen LogP contribution in [0.15, 0.2) is 48.8 Å². The summed E-state index contributed by atoms with van der Waals surface area (Å²) in [6, 6.07) is 11.5. The summed E-state index contributed by atoms with van der Waals surface area (Å²) in [7, 11) is 3.18. The number of hydrogen-bond donors (Lipinski definition) is 1. The fraction of sp³-hybridized carbons (Fsp3) is 0.200. The van der Waals surface area contributed by atoms with E-state index in [2.05, 4.69) is 10.3 Å². The number of methoxy groups -OCH3 is 2. The summed E-state index contributed by atoms with van der Waals surface area (Å²) < 4.78 is 25.8. The first-order chi connectivity index (χ1) is 13.1. The first-order valence-corrected chi connectivity index (χ1v) is 8.45. The third-order valence-electron chi connectivity index (χ3n) is 4.69. The molecule has 0 saturated carbocycles. The molecule has 1 amide bonds. The molecule has 0 unspecified atom stereocenters. The van der Waals surface area contributed by atoms with E-state index in [4.69, 9.17) is 9.47 Å². The van der Waals surface area contributed by atoms with Crippen LogP contribution in [0.4, 0.5) is 10.2 Å². The zero-order chi connectivity index (χ0) is 19.0. The maximum absolute atomic E-state index is 13.2. The van der Waals surface area contributed by atoms with Gasteiger partial charge in [0, 0.05) is 23.6 Å². The Morgan fingerprint density at radius 2 is 1.93 bits per heavy atom. The van der Waals surface area contributed by atoms with Gasteiger partial charge in [0.15, 0.2) is 0 Å². The van der Waals surface area contributed by atoms with Gasteiger partial charge in [-0.25, -0.2) is 9.37 Å². The van der Waals surface area contributed by atoms with Crippen LogP contribution in [-0.2, 0) is 4.79 Å². The number of fused-ring (bicyclic) bond motifs is 1. The fourth-order valence-corrected chi connectivity index (χ4v) is 3.37. The summed E-state index contributed by atoms with van der Waals surface area (Å²) >= 11 is 0. The molecule has 1 atom stereocenters. The van der Waals surface area contributed by atoms with E-state index >= 15 is 0 Å². The van der Waals surface area contributed by atoms with Crippen molar-refractivity contribution in [3.63, 3.8) is 0 Å². The quantitative estimate of drug-likeness (QED) is 0.766. The van der Waals surface area contributed by atoms with Gasteiger partial charge in [-0.2, -0.15) is 0 Å². The van der Waals surface area contributed by atoms with Gasteiger partial charge in [0.25, 0.3) is 0 Å². The Morgan fingerprint density at radius 3 is 2.63 bits per heavy atom. The Morgan fingerprint density at radius 1 is 1.15 bits per heavy atom. The lowest BCUT2D eigenvalue weighted by molar-refractivity contribution is -0.116. The van der Waals surface area contributed by atoms with Gasteiger partial charge in [-0.3, -0.25) is 9.36 Å². The highest BCUT2D eigenvalue weighted by Gasteiger charge is 2.33. The van der Waals surface area contributed by atoms with E-state index < -0.39 is 0 Å². The second-order valence-corrected chi connectivity index (χ2v) is 6.24. The fourth-order valence-electron chi connectivity index (χ4n) is 3.37. The van der Waals surface area contributed by atoms with Crippen LogP contribution in [0.3, 0.4) is 0 Å². The van der Waals surface area contributed by atoms with E-state index in [0.717, 1.165) is 11.3 Å². The van der Waals surface area contributed by atoms with Crippen LogP contribution in [0.2, 0.25) is 0 Å². The molecule has 0 bridgehead atoms. The summed E-state index contributed by atoms with van der Waals surface area (Å²) in [5.74, 6) is 1.19. The standard InChI is InChI=1S/C20H18FN3O3/c1-26-14-7-8-17(27-2)15(9-14)16-10-18(25)23-20-19(16)22-11-24(20)13-5-3-12(21)4-6-13/h3-9,11,16H,10H2,1-2H3,(H,23,25)/t16-/m0/s1. The first kappa shape index (κ1) is 17.1. The molecule has 3 aromatic rings. The zero-order valence-electron chi connectivity index (χ0n) is 14.9. The van der Waals surface area contributed by atoms with E-state index in [0.29, 0.717) is 23.0 Å². The molecule has 0 fully saturated rings. The normalized spacial score (nSPS) is 15.8. The van der Waals surface area contributed by atoms with Crippen molar-refractivity contribution < 1.29 is 18.7 Å². The predicted molar refractivity (Wildman–Crippen MR) is 98.2 cm³/mol. The average Bonchev–Trinajstić information content (AvgIpc) is 3.11. The van der Waals surface area contributed by atoms with Crippen LogP contribution >= 0.6 is 0 Å². The number of rotatable bonds is 4. The number of nitrogens with zero attached hydrogens (tertiary/aromatic N) is 2. The molecule has 0 radical (unpaired) electrons. The smallest absolute Gasteiger partial charge is 0.226 e. The molecule has 2 aromatic carbocycles. The number of carbonyl (C=O) groups is 1. The summed E-state index contributed by atoms with van der Waals surface area (Å²) in [5, 5.41) is 2.88. The van der Waals surface area contributed by atoms with Crippen molar-refractivity contribution in [1.82, 2.24) is 9.55 Å². The second-order valence-electron chi connectivity index (χ2n) is 6.24. The summed E-state index contributed by atoms with van der Waals surface area (Å²) in [6.07, 6.45) is 1.88. The van der Waals surface area contributed by atoms with Gasteiger partial charge in [-0.1, -0.05) is 0 Å². The Hall–Kier alpha value is -3.35. The molecular formula is C20H18FN3O3. The van der Waals surface area contributed by atoms with Gasteiger partial charge in [0.05, 0.1) is 19.9 Å². The van der Waals surface area contributed by atoms with E-state index in [1.807, 2.05) is 18.2 Å². The third kappa shape index (κ3) is 3.01. The van der Waals surface area contributed by atoms with Crippen molar-refractivity contribution in [2.75, 3.05) is 19.5 Å². The lowest BCUT2D eigenvalue weighted by Gasteiger charge is -2.25. The monoisotopic (exact) mass is 367 g/mol. The van der Waals surface area contributed by atoms with Crippen molar-refractivity contribution in [2.24, 2.45) is 0 Å². The van der Waals surface area contributed by atoms with Gasteiger partial charge in [0.1, 0.15) is 29.5 Å². The lowest BCUT2D eigenvalue weighted by atomic mass is 9.89. The molecule has 2 heterocycles. The Labute approximate surface area is 155 Å². The van der Waals surface area contributed by atoms with Gasteiger partial charge >= 0.3 is 0 Å². The molecule has 0 spiro atoms. The van der Waals surface area contributed by atoms with E-state index in [1.165, 1.54) is 12.1 Å². The number of anilines is 1. The Kier molecular flexibility index (Phi) is 4.27. The highest BCUT2D eigenvalue weighted by atomic mass is 19.1. The molecular weight excluding hydrogens is 349 g/mol. The van der Waals surface area contributed by atoms with Gasteiger partial charge in [-0.15, -0.1) is 0 Å². The summed E-state index contributed by atoms with van der Waals surface area (Å²) in [6.45, 7) is 0. The molecule has 0 aliphatic carbocycles. The molecule has 1 aliphatic rings. The molecule has 1 aliphatic heterocycles. The second kappa shape index (κ2) is 6.75.